The Hall–Kier alpha value is 0.160. The third-order valence-corrected chi connectivity index (χ3v) is 5.49. The van der Waals surface area contributed by atoms with Crippen molar-refractivity contribution in [1.29, 1.82) is 0 Å². The van der Waals surface area contributed by atoms with Gasteiger partial charge in [-0.2, -0.15) is 0 Å². The van der Waals surface area contributed by atoms with Crippen LogP contribution in [0, 0.1) is 5.92 Å². The van der Waals surface area contributed by atoms with Crippen LogP contribution in [0.25, 0.3) is 0 Å². The van der Waals surface area contributed by atoms with Gasteiger partial charge in [0.05, 0.1) is 5.25 Å². The number of nitrogens with two attached hydrogens (primary N) is 1. The van der Waals surface area contributed by atoms with Gasteiger partial charge in [0, 0.05) is 13.1 Å². The van der Waals surface area contributed by atoms with Crippen LogP contribution in [0.15, 0.2) is 0 Å². The minimum absolute atomic E-state index is 0. The summed E-state index contributed by atoms with van der Waals surface area (Å²) in [4.78, 5) is 0. The second kappa shape index (κ2) is 4.99. The lowest BCUT2D eigenvalue weighted by molar-refractivity contribution is 0.271. The average Bonchev–Trinajstić information content (AvgIpc) is 3.01. The van der Waals surface area contributed by atoms with Crippen LogP contribution in [0.2, 0.25) is 0 Å². The topological polar surface area (TPSA) is 63.4 Å². The number of halogens is 1. The average molecular weight is 255 g/mol. The highest BCUT2D eigenvalue weighted by atomic mass is 35.5. The molecule has 0 aromatic heterocycles. The summed E-state index contributed by atoms with van der Waals surface area (Å²) in [6, 6.07) is 0. The Kier molecular flexibility index (Phi) is 4.40. The SMILES string of the molecule is Cl.NCC1CCCN(S(=O)(=O)C2CC2)C1. The Balaban J connectivity index is 0.00000112. The van der Waals surface area contributed by atoms with Gasteiger partial charge in [-0.1, -0.05) is 0 Å². The van der Waals surface area contributed by atoms with E-state index in [9.17, 15) is 8.42 Å². The van der Waals surface area contributed by atoms with E-state index in [0.29, 0.717) is 25.6 Å². The molecule has 2 rings (SSSR count). The van der Waals surface area contributed by atoms with Crippen molar-refractivity contribution >= 4 is 22.4 Å². The molecule has 6 heteroatoms. The molecule has 1 aliphatic heterocycles. The molecule has 4 nitrogen and oxygen atoms in total. The van der Waals surface area contributed by atoms with E-state index >= 15 is 0 Å². The van der Waals surface area contributed by atoms with Crippen molar-refractivity contribution in [2.24, 2.45) is 11.7 Å². The van der Waals surface area contributed by atoms with Gasteiger partial charge in [0.25, 0.3) is 0 Å². The number of rotatable bonds is 3. The summed E-state index contributed by atoms with van der Waals surface area (Å²) in [6.45, 7) is 1.96. The predicted octanol–water partition coefficient (Wildman–Crippen LogP) is 0.571. The van der Waals surface area contributed by atoms with Crippen LogP contribution in [-0.2, 0) is 10.0 Å². The fraction of sp³-hybridized carbons (Fsp3) is 1.00. The van der Waals surface area contributed by atoms with E-state index in [1.165, 1.54) is 0 Å². The molecule has 1 heterocycles. The summed E-state index contributed by atoms with van der Waals surface area (Å²) in [6.07, 6.45) is 3.75. The van der Waals surface area contributed by atoms with Crippen molar-refractivity contribution in [1.82, 2.24) is 4.31 Å². The van der Waals surface area contributed by atoms with E-state index in [-0.39, 0.29) is 17.7 Å². The molecule has 0 amide bonds. The molecule has 1 saturated carbocycles. The molecule has 2 N–H and O–H groups in total. The predicted molar refractivity (Wildman–Crippen MR) is 62.5 cm³/mol. The third-order valence-electron chi connectivity index (χ3n) is 3.12. The number of hydrogen-bond donors (Lipinski definition) is 1. The van der Waals surface area contributed by atoms with Crippen LogP contribution >= 0.6 is 12.4 Å². The van der Waals surface area contributed by atoms with E-state index in [4.69, 9.17) is 5.73 Å². The fourth-order valence-corrected chi connectivity index (χ4v) is 3.98. The van der Waals surface area contributed by atoms with Gasteiger partial charge in [-0.3, -0.25) is 0 Å². The first-order valence-electron chi connectivity index (χ1n) is 5.33. The van der Waals surface area contributed by atoms with Crippen LogP contribution in [-0.4, -0.2) is 37.6 Å². The molecule has 2 aliphatic rings. The fourth-order valence-electron chi connectivity index (χ4n) is 2.03. The molecule has 1 saturated heterocycles. The van der Waals surface area contributed by atoms with Gasteiger partial charge in [0.1, 0.15) is 0 Å². The van der Waals surface area contributed by atoms with Crippen molar-refractivity contribution in [2.75, 3.05) is 19.6 Å². The van der Waals surface area contributed by atoms with Gasteiger partial charge >= 0.3 is 0 Å². The van der Waals surface area contributed by atoms with Gasteiger partial charge in [0.2, 0.25) is 10.0 Å². The highest BCUT2D eigenvalue weighted by Gasteiger charge is 2.41. The molecular weight excluding hydrogens is 236 g/mol. The third kappa shape index (κ3) is 2.84. The molecule has 15 heavy (non-hydrogen) atoms. The first-order chi connectivity index (χ1) is 6.64. The zero-order valence-corrected chi connectivity index (χ0v) is 10.4. The second-order valence-corrected chi connectivity index (χ2v) is 6.56. The van der Waals surface area contributed by atoms with E-state index in [0.717, 1.165) is 25.7 Å². The minimum atomic E-state index is -2.95. The van der Waals surface area contributed by atoms with Crippen molar-refractivity contribution in [3.63, 3.8) is 0 Å². The number of hydrogen-bond acceptors (Lipinski definition) is 3. The monoisotopic (exact) mass is 254 g/mol. The summed E-state index contributed by atoms with van der Waals surface area (Å²) in [5.74, 6) is 0.372. The Morgan fingerprint density at radius 2 is 1.93 bits per heavy atom. The van der Waals surface area contributed by atoms with Crippen molar-refractivity contribution < 1.29 is 8.42 Å². The lowest BCUT2D eigenvalue weighted by Crippen LogP contribution is -2.43. The standard InChI is InChI=1S/C9H18N2O2S.ClH/c10-6-8-2-1-5-11(7-8)14(12,13)9-3-4-9;/h8-9H,1-7,10H2;1H. The summed E-state index contributed by atoms with van der Waals surface area (Å²) < 4.78 is 25.4. The van der Waals surface area contributed by atoms with Crippen molar-refractivity contribution in [2.45, 2.75) is 30.9 Å². The zero-order valence-electron chi connectivity index (χ0n) is 8.76. The van der Waals surface area contributed by atoms with Crippen LogP contribution in [0.1, 0.15) is 25.7 Å². The molecule has 0 aromatic rings. The maximum absolute atomic E-state index is 11.9. The Morgan fingerprint density at radius 3 is 2.47 bits per heavy atom. The molecular formula is C9H19ClN2O2S. The number of nitrogens with zero attached hydrogens (tertiary/aromatic N) is 1. The van der Waals surface area contributed by atoms with Crippen LogP contribution in [0.5, 0.6) is 0 Å². The maximum atomic E-state index is 11.9. The molecule has 0 spiro atoms. The first-order valence-corrected chi connectivity index (χ1v) is 6.84. The molecule has 0 bridgehead atoms. The van der Waals surface area contributed by atoms with Gasteiger partial charge in [-0.25, -0.2) is 12.7 Å². The van der Waals surface area contributed by atoms with Crippen LogP contribution in [0.4, 0.5) is 0 Å². The van der Waals surface area contributed by atoms with Gasteiger partial charge in [-0.05, 0) is 38.1 Å². The van der Waals surface area contributed by atoms with E-state index in [1.54, 1.807) is 4.31 Å². The Bertz CT molecular complexity index is 303. The minimum Gasteiger partial charge on any atom is -0.330 e. The highest BCUT2D eigenvalue weighted by Crippen LogP contribution is 2.32. The largest absolute Gasteiger partial charge is 0.330 e. The van der Waals surface area contributed by atoms with Crippen LogP contribution in [0.3, 0.4) is 0 Å². The summed E-state index contributed by atoms with van der Waals surface area (Å²) in [5.41, 5.74) is 5.58. The zero-order chi connectivity index (χ0) is 10.2. The number of sulfonamides is 1. The van der Waals surface area contributed by atoms with E-state index in [1.807, 2.05) is 0 Å². The molecule has 90 valence electrons. The summed E-state index contributed by atoms with van der Waals surface area (Å²) in [7, 11) is -2.95. The summed E-state index contributed by atoms with van der Waals surface area (Å²) >= 11 is 0. The van der Waals surface area contributed by atoms with Crippen LogP contribution < -0.4 is 5.73 Å². The highest BCUT2D eigenvalue weighted by molar-refractivity contribution is 7.90. The molecule has 1 atom stereocenters. The van der Waals surface area contributed by atoms with Gasteiger partial charge in [-0.15, -0.1) is 12.4 Å². The maximum Gasteiger partial charge on any atom is 0.216 e. The molecule has 2 fully saturated rings. The lowest BCUT2D eigenvalue weighted by atomic mass is 10.0. The number of piperidine rings is 1. The second-order valence-electron chi connectivity index (χ2n) is 4.35. The van der Waals surface area contributed by atoms with E-state index < -0.39 is 10.0 Å². The lowest BCUT2D eigenvalue weighted by Gasteiger charge is -2.31. The van der Waals surface area contributed by atoms with Crippen molar-refractivity contribution in [3.05, 3.63) is 0 Å². The summed E-state index contributed by atoms with van der Waals surface area (Å²) in [5, 5.41) is -0.0703. The van der Waals surface area contributed by atoms with Crippen molar-refractivity contribution in [3.8, 4) is 0 Å². The normalized spacial score (nSPS) is 28.5. The Morgan fingerprint density at radius 1 is 1.27 bits per heavy atom. The van der Waals surface area contributed by atoms with Gasteiger partial charge in [0.15, 0.2) is 0 Å². The van der Waals surface area contributed by atoms with E-state index in [2.05, 4.69) is 0 Å². The molecule has 0 aromatic carbocycles. The van der Waals surface area contributed by atoms with Gasteiger partial charge < -0.3 is 5.73 Å². The molecule has 1 aliphatic carbocycles. The first kappa shape index (κ1) is 13.2. The quantitative estimate of drug-likeness (QED) is 0.801. The smallest absolute Gasteiger partial charge is 0.216 e. The molecule has 1 unspecified atom stereocenters. The molecule has 0 radical (unpaired) electrons. The Labute approximate surface area is 97.7 Å².